The molecule has 0 radical (unpaired) electrons. The van der Waals surface area contributed by atoms with E-state index in [0.717, 1.165) is 34.2 Å². The lowest BCUT2D eigenvalue weighted by molar-refractivity contribution is -0.140. The molecule has 0 aliphatic rings. The second-order valence-electron chi connectivity index (χ2n) is 10.4. The van der Waals surface area contributed by atoms with Crippen molar-refractivity contribution in [1.29, 1.82) is 0 Å². The standard InChI is InChI=1S/C32H41N3O4S/c1-7-17-33-32(37)30(8-2)34(21-27-13-9-23(3)10-14-27)31(36)22-35(28-19-25(5)18-26(6)20-28)40(38,39)29-15-11-24(4)12-16-29/h9-16,18-20,30H,7-8,17,21-22H2,1-6H3,(H,33,37)/t30-/m0/s1. The van der Waals surface area contributed by atoms with Gasteiger partial charge in [-0.05, 0) is 81.5 Å². The van der Waals surface area contributed by atoms with Crippen LogP contribution in [0.5, 0.6) is 0 Å². The minimum absolute atomic E-state index is 0.0999. The molecule has 0 bridgehead atoms. The Morgan fingerprint density at radius 1 is 0.800 bits per heavy atom. The van der Waals surface area contributed by atoms with Gasteiger partial charge in [0.05, 0.1) is 10.6 Å². The molecule has 0 saturated carbocycles. The largest absolute Gasteiger partial charge is 0.354 e. The maximum absolute atomic E-state index is 14.1. The van der Waals surface area contributed by atoms with E-state index >= 15 is 0 Å². The highest BCUT2D eigenvalue weighted by Crippen LogP contribution is 2.27. The van der Waals surface area contributed by atoms with Crippen molar-refractivity contribution >= 4 is 27.5 Å². The summed E-state index contributed by atoms with van der Waals surface area (Å²) in [7, 11) is -4.09. The van der Waals surface area contributed by atoms with Crippen LogP contribution in [0.2, 0.25) is 0 Å². The molecule has 7 nitrogen and oxygen atoms in total. The van der Waals surface area contributed by atoms with Crippen LogP contribution in [0.1, 0.15) is 54.5 Å². The lowest BCUT2D eigenvalue weighted by atomic mass is 10.1. The third kappa shape index (κ3) is 7.72. The summed E-state index contributed by atoms with van der Waals surface area (Å²) in [6.45, 7) is 11.7. The Hall–Kier alpha value is -3.65. The van der Waals surface area contributed by atoms with Gasteiger partial charge in [0.1, 0.15) is 12.6 Å². The van der Waals surface area contributed by atoms with Crippen molar-refractivity contribution in [3.8, 4) is 0 Å². The lowest BCUT2D eigenvalue weighted by Crippen LogP contribution is -2.52. The van der Waals surface area contributed by atoms with Gasteiger partial charge in [0, 0.05) is 13.1 Å². The minimum atomic E-state index is -4.09. The Bertz CT molecular complexity index is 1400. The summed E-state index contributed by atoms with van der Waals surface area (Å²) in [5.74, 6) is -0.696. The van der Waals surface area contributed by atoms with E-state index in [2.05, 4.69) is 5.32 Å². The topological polar surface area (TPSA) is 86.8 Å². The van der Waals surface area contributed by atoms with Crippen LogP contribution in [0.4, 0.5) is 5.69 Å². The fraction of sp³-hybridized carbons (Fsp3) is 0.375. The predicted octanol–water partition coefficient (Wildman–Crippen LogP) is 5.45. The van der Waals surface area contributed by atoms with Gasteiger partial charge in [-0.2, -0.15) is 0 Å². The van der Waals surface area contributed by atoms with Crippen molar-refractivity contribution in [2.45, 2.75) is 71.9 Å². The molecule has 0 saturated heterocycles. The maximum atomic E-state index is 14.1. The van der Waals surface area contributed by atoms with Crippen LogP contribution >= 0.6 is 0 Å². The molecule has 1 atom stereocenters. The number of aryl methyl sites for hydroxylation is 4. The Balaban J connectivity index is 2.08. The van der Waals surface area contributed by atoms with Gasteiger partial charge in [-0.25, -0.2) is 8.42 Å². The highest BCUT2D eigenvalue weighted by Gasteiger charge is 2.33. The van der Waals surface area contributed by atoms with E-state index in [4.69, 9.17) is 0 Å². The Morgan fingerprint density at radius 3 is 1.88 bits per heavy atom. The normalized spacial score (nSPS) is 12.1. The fourth-order valence-corrected chi connectivity index (χ4v) is 6.03. The molecule has 3 aromatic rings. The Kier molecular flexibility index (Phi) is 10.5. The second-order valence-corrected chi connectivity index (χ2v) is 12.3. The van der Waals surface area contributed by atoms with Crippen LogP contribution in [0.25, 0.3) is 0 Å². The van der Waals surface area contributed by atoms with E-state index in [1.807, 2.05) is 71.9 Å². The number of nitrogens with zero attached hydrogens (tertiary/aromatic N) is 2. The monoisotopic (exact) mass is 563 g/mol. The van der Waals surface area contributed by atoms with E-state index in [1.54, 1.807) is 36.4 Å². The molecule has 0 heterocycles. The molecule has 3 aromatic carbocycles. The SMILES string of the molecule is CCCNC(=O)[C@H](CC)N(Cc1ccc(C)cc1)C(=O)CN(c1cc(C)cc(C)c1)S(=O)(=O)c1ccc(C)cc1. The number of anilines is 1. The number of carbonyl (C=O) groups excluding carboxylic acids is 2. The van der Waals surface area contributed by atoms with Gasteiger partial charge in [-0.3, -0.25) is 13.9 Å². The summed E-state index contributed by atoms with van der Waals surface area (Å²) in [4.78, 5) is 28.9. The number of sulfonamides is 1. The van der Waals surface area contributed by atoms with Crippen LogP contribution in [-0.2, 0) is 26.2 Å². The van der Waals surface area contributed by atoms with Gasteiger partial charge in [0.2, 0.25) is 11.8 Å². The number of rotatable bonds is 12. The fourth-order valence-electron chi connectivity index (χ4n) is 4.64. The van der Waals surface area contributed by atoms with E-state index in [-0.39, 0.29) is 17.3 Å². The summed E-state index contributed by atoms with van der Waals surface area (Å²) in [5.41, 5.74) is 5.05. The molecule has 0 aromatic heterocycles. The molecule has 0 fully saturated rings. The molecule has 0 unspecified atom stereocenters. The smallest absolute Gasteiger partial charge is 0.264 e. The molecule has 1 N–H and O–H groups in total. The van der Waals surface area contributed by atoms with Crippen molar-refractivity contribution in [1.82, 2.24) is 10.2 Å². The van der Waals surface area contributed by atoms with Gasteiger partial charge < -0.3 is 10.2 Å². The summed E-state index contributed by atoms with van der Waals surface area (Å²) >= 11 is 0. The number of hydrogen-bond donors (Lipinski definition) is 1. The quantitative estimate of drug-likeness (QED) is 0.318. The van der Waals surface area contributed by atoms with E-state index in [0.29, 0.717) is 18.7 Å². The molecule has 0 aliphatic carbocycles. The minimum Gasteiger partial charge on any atom is -0.354 e. The first-order valence-corrected chi connectivity index (χ1v) is 15.2. The molecule has 2 amide bonds. The number of nitrogens with one attached hydrogen (secondary N) is 1. The zero-order chi connectivity index (χ0) is 29.4. The van der Waals surface area contributed by atoms with Gasteiger partial charge in [-0.15, -0.1) is 0 Å². The molecule has 0 aliphatic heterocycles. The average Bonchev–Trinajstić information content (AvgIpc) is 2.91. The molecular formula is C32H41N3O4S. The highest BCUT2D eigenvalue weighted by molar-refractivity contribution is 7.92. The van der Waals surface area contributed by atoms with Crippen LogP contribution in [0.15, 0.2) is 71.6 Å². The molecular weight excluding hydrogens is 522 g/mol. The van der Waals surface area contributed by atoms with Gasteiger partial charge in [-0.1, -0.05) is 67.4 Å². The van der Waals surface area contributed by atoms with Crippen molar-refractivity contribution < 1.29 is 18.0 Å². The van der Waals surface area contributed by atoms with Crippen molar-refractivity contribution in [2.75, 3.05) is 17.4 Å². The van der Waals surface area contributed by atoms with Crippen LogP contribution in [0.3, 0.4) is 0 Å². The zero-order valence-corrected chi connectivity index (χ0v) is 25.2. The van der Waals surface area contributed by atoms with E-state index in [9.17, 15) is 18.0 Å². The molecule has 40 heavy (non-hydrogen) atoms. The van der Waals surface area contributed by atoms with Crippen molar-refractivity contribution in [3.05, 3.63) is 94.5 Å². The summed E-state index contributed by atoms with van der Waals surface area (Å²) in [6, 6.07) is 19.1. The average molecular weight is 564 g/mol. The summed E-state index contributed by atoms with van der Waals surface area (Å²) in [6.07, 6.45) is 1.16. The second kappa shape index (κ2) is 13.6. The first kappa shape index (κ1) is 30.9. The van der Waals surface area contributed by atoms with Crippen molar-refractivity contribution in [3.63, 3.8) is 0 Å². The number of hydrogen-bond acceptors (Lipinski definition) is 4. The molecule has 0 spiro atoms. The molecule has 3 rings (SSSR count). The first-order chi connectivity index (χ1) is 19.0. The summed E-state index contributed by atoms with van der Waals surface area (Å²) in [5, 5.41) is 2.91. The maximum Gasteiger partial charge on any atom is 0.264 e. The first-order valence-electron chi connectivity index (χ1n) is 13.8. The number of carbonyl (C=O) groups is 2. The third-order valence-corrected chi connectivity index (χ3v) is 8.58. The number of amides is 2. The Labute approximate surface area is 239 Å². The van der Waals surface area contributed by atoms with E-state index < -0.39 is 28.5 Å². The van der Waals surface area contributed by atoms with E-state index in [1.165, 1.54) is 9.21 Å². The van der Waals surface area contributed by atoms with Gasteiger partial charge in [0.25, 0.3) is 10.0 Å². The highest BCUT2D eigenvalue weighted by atomic mass is 32.2. The third-order valence-electron chi connectivity index (χ3n) is 6.79. The van der Waals surface area contributed by atoms with Gasteiger partial charge in [0.15, 0.2) is 0 Å². The lowest BCUT2D eigenvalue weighted by Gasteiger charge is -2.33. The predicted molar refractivity (Wildman–Crippen MR) is 161 cm³/mol. The summed E-state index contributed by atoms with van der Waals surface area (Å²) < 4.78 is 29.2. The molecule has 214 valence electrons. The van der Waals surface area contributed by atoms with Crippen molar-refractivity contribution in [2.24, 2.45) is 0 Å². The van der Waals surface area contributed by atoms with Crippen LogP contribution in [-0.4, -0.2) is 44.3 Å². The zero-order valence-electron chi connectivity index (χ0n) is 24.4. The van der Waals surface area contributed by atoms with Crippen LogP contribution in [0, 0.1) is 27.7 Å². The molecule has 8 heteroatoms. The van der Waals surface area contributed by atoms with Crippen LogP contribution < -0.4 is 9.62 Å². The number of benzene rings is 3. The Morgan fingerprint density at radius 2 is 1.35 bits per heavy atom. The van der Waals surface area contributed by atoms with Gasteiger partial charge >= 0.3 is 0 Å².